The number of ether oxygens (including phenoxy) is 1. The standard InChI is InChI=1S/C16H17F2N5O2S2/c1-10(26-15-21-14(6-25-2)22-27-15)16(24,7-23-9-19-8-20-23)12-4-3-11(17)5-13(12)18/h3-5,8-10,24H,6-7H2,1-2H3/t10-,16?/m1/s1. The van der Waals surface area contributed by atoms with Crippen molar-refractivity contribution < 1.29 is 18.6 Å². The first kappa shape index (κ1) is 19.8. The summed E-state index contributed by atoms with van der Waals surface area (Å²) in [5.41, 5.74) is -1.72. The number of aliphatic hydroxyl groups is 1. The first-order valence-corrected chi connectivity index (χ1v) is 9.56. The summed E-state index contributed by atoms with van der Waals surface area (Å²) in [6.45, 7) is 1.95. The zero-order valence-electron chi connectivity index (χ0n) is 14.5. The van der Waals surface area contributed by atoms with Crippen LogP contribution in [0.4, 0.5) is 8.78 Å². The van der Waals surface area contributed by atoms with E-state index in [1.165, 1.54) is 46.7 Å². The molecule has 2 aromatic heterocycles. The Bertz CT molecular complexity index is 893. The highest BCUT2D eigenvalue weighted by atomic mass is 32.2. The molecule has 0 aliphatic heterocycles. The fourth-order valence-corrected chi connectivity index (χ4v) is 4.55. The highest BCUT2D eigenvalue weighted by Gasteiger charge is 2.40. The van der Waals surface area contributed by atoms with Crippen molar-refractivity contribution in [2.24, 2.45) is 0 Å². The van der Waals surface area contributed by atoms with Gasteiger partial charge in [-0.2, -0.15) is 9.47 Å². The molecule has 0 aliphatic rings. The van der Waals surface area contributed by atoms with Crippen LogP contribution in [0.5, 0.6) is 0 Å². The molecule has 0 spiro atoms. The summed E-state index contributed by atoms with van der Waals surface area (Å²) in [7, 11) is 1.55. The molecule has 0 saturated carbocycles. The van der Waals surface area contributed by atoms with Gasteiger partial charge in [0.05, 0.1) is 6.54 Å². The minimum Gasteiger partial charge on any atom is -0.382 e. The maximum Gasteiger partial charge on any atom is 0.170 e. The van der Waals surface area contributed by atoms with E-state index in [2.05, 4.69) is 19.4 Å². The first-order chi connectivity index (χ1) is 12.9. The number of halogens is 2. The van der Waals surface area contributed by atoms with Crippen LogP contribution in [0.1, 0.15) is 18.3 Å². The summed E-state index contributed by atoms with van der Waals surface area (Å²) in [5, 5.41) is 14.9. The van der Waals surface area contributed by atoms with Crippen LogP contribution in [0.25, 0.3) is 0 Å². The average molecular weight is 413 g/mol. The van der Waals surface area contributed by atoms with Crippen molar-refractivity contribution in [3.05, 3.63) is 53.9 Å². The molecule has 1 N–H and O–H groups in total. The van der Waals surface area contributed by atoms with Crippen LogP contribution in [-0.2, 0) is 23.5 Å². The second-order valence-corrected chi connectivity index (χ2v) is 8.15. The smallest absolute Gasteiger partial charge is 0.170 e. The molecule has 3 rings (SSSR count). The van der Waals surface area contributed by atoms with Gasteiger partial charge in [-0.15, -0.1) is 0 Å². The molecule has 3 aromatic rings. The van der Waals surface area contributed by atoms with Crippen LogP contribution in [0.3, 0.4) is 0 Å². The van der Waals surface area contributed by atoms with E-state index in [0.29, 0.717) is 10.2 Å². The van der Waals surface area contributed by atoms with Gasteiger partial charge in [0.25, 0.3) is 0 Å². The molecule has 0 aliphatic carbocycles. The predicted molar refractivity (Wildman–Crippen MR) is 96.2 cm³/mol. The Morgan fingerprint density at radius 1 is 1.41 bits per heavy atom. The summed E-state index contributed by atoms with van der Waals surface area (Å²) in [6, 6.07) is 3.11. The molecule has 1 aromatic carbocycles. The van der Waals surface area contributed by atoms with Gasteiger partial charge < -0.3 is 9.84 Å². The van der Waals surface area contributed by atoms with Gasteiger partial charge in [-0.25, -0.2) is 23.4 Å². The van der Waals surface area contributed by atoms with Crippen LogP contribution < -0.4 is 0 Å². The van der Waals surface area contributed by atoms with Crippen LogP contribution in [0, 0.1) is 11.6 Å². The Kier molecular flexibility index (Phi) is 6.15. The summed E-state index contributed by atoms with van der Waals surface area (Å²) in [5.74, 6) is -1.01. The number of methoxy groups -OCH3 is 1. The molecule has 2 heterocycles. The lowest BCUT2D eigenvalue weighted by atomic mass is 9.90. The van der Waals surface area contributed by atoms with Crippen molar-refractivity contribution in [1.29, 1.82) is 0 Å². The molecule has 144 valence electrons. The van der Waals surface area contributed by atoms with Gasteiger partial charge in [-0.05, 0) is 24.5 Å². The Morgan fingerprint density at radius 2 is 2.22 bits per heavy atom. The van der Waals surface area contributed by atoms with Crippen molar-refractivity contribution in [2.45, 2.75) is 35.3 Å². The molecule has 7 nitrogen and oxygen atoms in total. The lowest BCUT2D eigenvalue weighted by Crippen LogP contribution is -2.41. The Labute approximate surface area is 162 Å². The molecule has 0 fully saturated rings. The van der Waals surface area contributed by atoms with Crippen molar-refractivity contribution in [3.63, 3.8) is 0 Å². The SMILES string of the molecule is COCc1nsc(S[C@H](C)C(O)(Cn2cncn2)c2ccc(F)cc2F)n1. The fourth-order valence-electron chi connectivity index (χ4n) is 2.56. The third-order valence-electron chi connectivity index (χ3n) is 3.94. The summed E-state index contributed by atoms with van der Waals surface area (Å²) >= 11 is 2.41. The summed E-state index contributed by atoms with van der Waals surface area (Å²) < 4.78 is 39.0. The molecule has 0 bridgehead atoms. The minimum absolute atomic E-state index is 0.0268. The van der Waals surface area contributed by atoms with Gasteiger partial charge in [0.2, 0.25) is 0 Å². The Balaban J connectivity index is 1.92. The van der Waals surface area contributed by atoms with E-state index in [9.17, 15) is 13.9 Å². The van der Waals surface area contributed by atoms with E-state index in [1.807, 2.05) is 0 Å². The van der Waals surface area contributed by atoms with Gasteiger partial charge >= 0.3 is 0 Å². The van der Waals surface area contributed by atoms with E-state index in [-0.39, 0.29) is 18.7 Å². The zero-order chi connectivity index (χ0) is 19.4. The second-order valence-electron chi connectivity index (χ2n) is 5.81. The van der Waals surface area contributed by atoms with Crippen LogP contribution in [0.15, 0.2) is 35.2 Å². The highest BCUT2D eigenvalue weighted by Crippen LogP contribution is 2.39. The summed E-state index contributed by atoms with van der Waals surface area (Å²) in [4.78, 5) is 8.18. The van der Waals surface area contributed by atoms with Crippen molar-refractivity contribution in [1.82, 2.24) is 24.1 Å². The molecule has 0 amide bonds. The topological polar surface area (TPSA) is 86.0 Å². The molecule has 2 atom stereocenters. The second kappa shape index (κ2) is 8.38. The predicted octanol–water partition coefficient (Wildman–Crippen LogP) is 2.62. The van der Waals surface area contributed by atoms with E-state index >= 15 is 0 Å². The lowest BCUT2D eigenvalue weighted by Gasteiger charge is -2.33. The maximum absolute atomic E-state index is 14.5. The third kappa shape index (κ3) is 4.49. The molecule has 1 unspecified atom stereocenters. The van der Waals surface area contributed by atoms with Gasteiger partial charge in [-0.3, -0.25) is 0 Å². The normalized spacial score (nSPS) is 14.9. The Hall–Kier alpha value is -1.95. The number of thioether (sulfide) groups is 1. The zero-order valence-corrected chi connectivity index (χ0v) is 16.2. The minimum atomic E-state index is -1.69. The molecular formula is C16H17F2N5O2S2. The van der Waals surface area contributed by atoms with E-state index in [4.69, 9.17) is 4.74 Å². The molecular weight excluding hydrogens is 396 g/mol. The molecule has 11 heteroatoms. The van der Waals surface area contributed by atoms with Gasteiger partial charge in [0.1, 0.15) is 36.5 Å². The fraction of sp³-hybridized carbons (Fsp3) is 0.375. The van der Waals surface area contributed by atoms with E-state index in [1.54, 1.807) is 14.0 Å². The lowest BCUT2D eigenvalue weighted by molar-refractivity contribution is 0.0133. The maximum atomic E-state index is 14.5. The molecule has 27 heavy (non-hydrogen) atoms. The van der Waals surface area contributed by atoms with Crippen molar-refractivity contribution >= 4 is 23.3 Å². The number of rotatable bonds is 8. The number of aromatic nitrogens is 5. The van der Waals surface area contributed by atoms with Crippen LogP contribution in [-0.4, -0.2) is 41.6 Å². The number of hydrogen-bond acceptors (Lipinski definition) is 8. The van der Waals surface area contributed by atoms with Crippen molar-refractivity contribution in [2.75, 3.05) is 7.11 Å². The highest BCUT2D eigenvalue weighted by molar-refractivity contribution is 8.01. The van der Waals surface area contributed by atoms with Gasteiger partial charge in [0, 0.05) is 24.0 Å². The first-order valence-electron chi connectivity index (χ1n) is 7.91. The molecule has 0 radical (unpaired) electrons. The van der Waals surface area contributed by atoms with E-state index in [0.717, 1.165) is 12.1 Å². The summed E-state index contributed by atoms with van der Waals surface area (Å²) in [6.07, 6.45) is 2.74. The molecule has 0 saturated heterocycles. The largest absolute Gasteiger partial charge is 0.382 e. The quantitative estimate of drug-likeness (QED) is 0.568. The number of hydrogen-bond donors (Lipinski definition) is 1. The van der Waals surface area contributed by atoms with Crippen LogP contribution >= 0.6 is 23.3 Å². The monoisotopic (exact) mass is 413 g/mol. The number of benzene rings is 1. The number of nitrogens with zero attached hydrogens (tertiary/aromatic N) is 5. The third-order valence-corrected chi connectivity index (χ3v) is 6.04. The van der Waals surface area contributed by atoms with Crippen LogP contribution in [0.2, 0.25) is 0 Å². The average Bonchev–Trinajstić information content (AvgIpc) is 3.27. The van der Waals surface area contributed by atoms with Gasteiger partial charge in [-0.1, -0.05) is 17.8 Å². The van der Waals surface area contributed by atoms with E-state index < -0.39 is 22.5 Å². The van der Waals surface area contributed by atoms with Gasteiger partial charge in [0.15, 0.2) is 10.2 Å². The Morgan fingerprint density at radius 3 is 2.89 bits per heavy atom. The van der Waals surface area contributed by atoms with Crippen molar-refractivity contribution in [3.8, 4) is 0 Å².